The minimum atomic E-state index is 0. The third-order valence-electron chi connectivity index (χ3n) is 10.8. The maximum Gasteiger partial charge on any atom is 0 e. The van der Waals surface area contributed by atoms with E-state index >= 15 is 0 Å². The average molecular weight is 379 g/mol. The van der Waals surface area contributed by atoms with Crippen molar-refractivity contribution in [1.29, 1.82) is 0 Å². The highest BCUT2D eigenvalue weighted by Gasteiger charge is 2.59. The first kappa shape index (κ1) is 20.3. The van der Waals surface area contributed by atoms with Crippen molar-refractivity contribution in [3.05, 3.63) is 0 Å². The second-order valence-corrected chi connectivity index (χ2v) is 12.4. The van der Waals surface area contributed by atoms with Crippen LogP contribution in [0, 0.1) is 52.3 Å². The van der Waals surface area contributed by atoms with Crippen LogP contribution in [0.2, 0.25) is 0 Å². The normalized spacial score (nSPS) is 48.0. The summed E-state index contributed by atoms with van der Waals surface area (Å²) in [7, 11) is 0. The Morgan fingerprint density at radius 1 is 0.778 bits per heavy atom. The molecule has 0 aromatic rings. The molecule has 0 aromatic heterocycles. The van der Waals surface area contributed by atoms with Gasteiger partial charge in [-0.3, -0.25) is 0 Å². The Hall–Kier alpha value is 0. The van der Waals surface area contributed by atoms with Crippen LogP contribution in [0.1, 0.15) is 122 Å². The van der Waals surface area contributed by atoms with Gasteiger partial charge in [-0.15, -0.1) is 0 Å². The van der Waals surface area contributed by atoms with E-state index in [0.717, 1.165) is 41.4 Å². The molecule has 0 aromatic carbocycles. The van der Waals surface area contributed by atoms with E-state index in [4.69, 9.17) is 0 Å². The second-order valence-electron chi connectivity index (χ2n) is 12.4. The van der Waals surface area contributed by atoms with Crippen molar-refractivity contribution in [2.45, 2.75) is 118 Å². The van der Waals surface area contributed by atoms with Crippen molar-refractivity contribution in [1.82, 2.24) is 0 Å². The summed E-state index contributed by atoms with van der Waals surface area (Å²) >= 11 is 0. The van der Waals surface area contributed by atoms with Crippen molar-refractivity contribution >= 4 is 0 Å². The van der Waals surface area contributed by atoms with Crippen molar-refractivity contribution in [3.8, 4) is 0 Å². The molecule has 0 saturated heterocycles. The van der Waals surface area contributed by atoms with E-state index in [2.05, 4.69) is 34.6 Å². The van der Waals surface area contributed by atoms with Gasteiger partial charge in [0.1, 0.15) is 0 Å². The van der Waals surface area contributed by atoms with Gasteiger partial charge in [0.25, 0.3) is 0 Å². The Kier molecular flexibility index (Phi) is 5.77. The third kappa shape index (κ3) is 3.44. The van der Waals surface area contributed by atoms with Crippen LogP contribution in [-0.4, -0.2) is 0 Å². The summed E-state index contributed by atoms with van der Waals surface area (Å²) in [5.74, 6) is 7.15. The lowest BCUT2D eigenvalue weighted by atomic mass is 9.44. The number of hydrogen-bond donors (Lipinski definition) is 0. The number of fused-ring (bicyclic) bond motifs is 5. The summed E-state index contributed by atoms with van der Waals surface area (Å²) in [4.78, 5) is 0. The topological polar surface area (TPSA) is 0 Å². The van der Waals surface area contributed by atoms with Gasteiger partial charge in [0.2, 0.25) is 0 Å². The Labute approximate surface area is 175 Å². The number of rotatable bonds is 5. The van der Waals surface area contributed by atoms with Crippen LogP contribution in [0.15, 0.2) is 0 Å². The van der Waals surface area contributed by atoms with Gasteiger partial charge in [-0.2, -0.15) is 0 Å². The van der Waals surface area contributed by atoms with Crippen LogP contribution in [0.5, 0.6) is 0 Å². The van der Waals surface area contributed by atoms with Gasteiger partial charge in [-0.1, -0.05) is 66.7 Å². The molecule has 0 spiro atoms. The third-order valence-corrected chi connectivity index (χ3v) is 10.8. The molecule has 0 nitrogen and oxygen atoms in total. The zero-order valence-electron chi connectivity index (χ0n) is 19.2. The van der Waals surface area contributed by atoms with E-state index in [0.29, 0.717) is 10.8 Å². The molecule has 0 aliphatic heterocycles. The summed E-state index contributed by atoms with van der Waals surface area (Å²) < 4.78 is 0. The molecule has 0 N–H and O–H groups in total. The van der Waals surface area contributed by atoms with E-state index in [1.54, 1.807) is 51.4 Å². The van der Waals surface area contributed by atoms with E-state index in [1.807, 2.05) is 0 Å². The molecule has 4 unspecified atom stereocenters. The quantitative estimate of drug-likeness (QED) is 0.447. The van der Waals surface area contributed by atoms with Gasteiger partial charge in [0.15, 0.2) is 0 Å². The first-order valence-corrected chi connectivity index (χ1v) is 12.9. The van der Waals surface area contributed by atoms with Gasteiger partial charge in [0, 0.05) is 4.28 Å². The van der Waals surface area contributed by atoms with Gasteiger partial charge >= 0.3 is 0 Å². The van der Waals surface area contributed by atoms with Gasteiger partial charge in [-0.25, -0.2) is 0 Å². The lowest BCUT2D eigenvalue weighted by Gasteiger charge is -2.61. The fraction of sp³-hybridized carbons (Fsp3) is 1.00. The summed E-state index contributed by atoms with van der Waals surface area (Å²) in [6.45, 7) is 12.9. The molecule has 8 atom stereocenters. The highest BCUT2D eigenvalue weighted by molar-refractivity contribution is 5.09. The molecule has 4 saturated carbocycles. The first-order valence-electron chi connectivity index (χ1n) is 12.9. The van der Waals surface area contributed by atoms with Crippen molar-refractivity contribution in [2.75, 3.05) is 0 Å². The zero-order valence-corrected chi connectivity index (χ0v) is 19.2. The van der Waals surface area contributed by atoms with Gasteiger partial charge in [0.05, 0.1) is 0 Å². The van der Waals surface area contributed by atoms with Crippen LogP contribution in [0.25, 0.3) is 0 Å². The minimum absolute atomic E-state index is 0. The van der Waals surface area contributed by atoms with Crippen LogP contribution in [0.4, 0.5) is 0 Å². The minimum Gasteiger partial charge on any atom is -0.0628 e. The highest BCUT2D eigenvalue weighted by Crippen LogP contribution is 2.68. The van der Waals surface area contributed by atoms with E-state index in [9.17, 15) is 0 Å². The van der Waals surface area contributed by atoms with Crippen molar-refractivity contribution < 1.29 is 4.28 Å². The average Bonchev–Trinajstić information content (AvgIpc) is 2.98. The zero-order chi connectivity index (χ0) is 19.2. The fourth-order valence-electron chi connectivity index (χ4n) is 9.32. The predicted molar refractivity (Wildman–Crippen MR) is 124 cm³/mol. The Morgan fingerprint density at radius 2 is 1.56 bits per heavy atom. The Balaban J connectivity index is 0.00000150. The van der Waals surface area contributed by atoms with Crippen LogP contribution < -0.4 is 0 Å². The van der Waals surface area contributed by atoms with Gasteiger partial charge in [-0.05, 0) is 104 Å². The van der Waals surface area contributed by atoms with Crippen LogP contribution in [-0.2, 0) is 0 Å². The molecule has 0 amide bonds. The van der Waals surface area contributed by atoms with E-state index < -0.39 is 0 Å². The Bertz CT molecular complexity index is 520. The summed E-state index contributed by atoms with van der Waals surface area (Å²) in [5.41, 5.74) is 1.39. The molecule has 27 heavy (non-hydrogen) atoms. The SMILES string of the molecule is CC(C)CCC[C@@H](C)C1CCC2[C@@H]3CCC4CCCC[C@]4(C)C3CC[C@@]21C.[HH].[HH].[HH]. The van der Waals surface area contributed by atoms with Crippen LogP contribution >= 0.6 is 0 Å². The first-order chi connectivity index (χ1) is 12.9. The molecular formula is C27H54. The molecule has 4 fully saturated rings. The maximum absolute atomic E-state index is 2.75. The molecule has 0 heteroatoms. The molecule has 4 aliphatic rings. The standard InChI is InChI=1S/C27H48.3H2/c1-19(2)9-8-10-20(3)23-14-15-24-22-13-12-21-11-6-7-17-26(21,4)25(22)16-18-27(23,24)5;;;/h19-25H,6-18H2,1-5H3;3*1H/t20-,21?,22+,23?,24?,25?,26+,27-;;;/m1.../s1. The van der Waals surface area contributed by atoms with Crippen molar-refractivity contribution in [3.63, 3.8) is 0 Å². The molecule has 0 radical (unpaired) electrons. The van der Waals surface area contributed by atoms with E-state index in [1.165, 1.54) is 32.1 Å². The summed E-state index contributed by atoms with van der Waals surface area (Å²) in [6.07, 6.45) is 19.9. The van der Waals surface area contributed by atoms with E-state index in [-0.39, 0.29) is 4.28 Å². The highest BCUT2D eigenvalue weighted by atomic mass is 14.6. The second kappa shape index (κ2) is 7.68. The Morgan fingerprint density at radius 3 is 2.33 bits per heavy atom. The van der Waals surface area contributed by atoms with Crippen molar-refractivity contribution in [2.24, 2.45) is 52.3 Å². The van der Waals surface area contributed by atoms with Gasteiger partial charge < -0.3 is 0 Å². The molecule has 0 heterocycles. The fourth-order valence-corrected chi connectivity index (χ4v) is 9.32. The number of hydrogen-bond acceptors (Lipinski definition) is 0. The van der Waals surface area contributed by atoms with Crippen LogP contribution in [0.3, 0.4) is 0 Å². The summed E-state index contributed by atoms with van der Waals surface area (Å²) in [6, 6.07) is 0. The lowest BCUT2D eigenvalue weighted by molar-refractivity contribution is -0.114. The lowest BCUT2D eigenvalue weighted by Crippen LogP contribution is -2.53. The molecule has 4 aliphatic carbocycles. The predicted octanol–water partition coefficient (Wildman–Crippen LogP) is 9.24. The maximum atomic E-state index is 2.75. The molecule has 0 bridgehead atoms. The summed E-state index contributed by atoms with van der Waals surface area (Å²) in [5, 5.41) is 0. The molecule has 162 valence electrons. The smallest absolute Gasteiger partial charge is 0 e. The molecule has 4 rings (SSSR count). The largest absolute Gasteiger partial charge is 0.0628 e. The monoisotopic (exact) mass is 378 g/mol. The molecular weight excluding hydrogens is 324 g/mol.